The summed E-state index contributed by atoms with van der Waals surface area (Å²) in [6, 6.07) is 0.306. The Hall–Kier alpha value is -0.850. The zero-order valence-corrected chi connectivity index (χ0v) is 16.5. The summed E-state index contributed by atoms with van der Waals surface area (Å²) in [4.78, 5) is 24.4. The van der Waals surface area contributed by atoms with Gasteiger partial charge in [-0.15, -0.1) is 12.4 Å². The molecule has 2 saturated carbocycles. The summed E-state index contributed by atoms with van der Waals surface area (Å²) in [5, 5.41) is 5.89. The van der Waals surface area contributed by atoms with Crippen molar-refractivity contribution in [3.8, 4) is 0 Å². The number of hydrogen-bond acceptors (Lipinski definition) is 4. The molecule has 0 aromatic carbocycles. The average Bonchev–Trinajstić information content (AvgIpc) is 2.55. The van der Waals surface area contributed by atoms with E-state index >= 15 is 0 Å². The summed E-state index contributed by atoms with van der Waals surface area (Å²) < 4.78 is 5.64. The summed E-state index contributed by atoms with van der Waals surface area (Å²) >= 11 is 0. The Balaban J connectivity index is 0.00000312. The van der Waals surface area contributed by atoms with Crippen LogP contribution in [0.3, 0.4) is 0 Å². The van der Waals surface area contributed by atoms with Crippen molar-refractivity contribution in [2.24, 2.45) is 11.1 Å². The number of halogens is 1. The summed E-state index contributed by atoms with van der Waals surface area (Å²) in [6.45, 7) is 6.81. The maximum atomic E-state index is 12.5. The van der Waals surface area contributed by atoms with Gasteiger partial charge in [0, 0.05) is 37.5 Å². The molecule has 2 atom stereocenters. The van der Waals surface area contributed by atoms with E-state index in [4.69, 9.17) is 10.5 Å². The second-order valence-corrected chi connectivity index (χ2v) is 7.75. The third-order valence-corrected chi connectivity index (χ3v) is 5.84. The Bertz CT molecular complexity index is 466. The van der Waals surface area contributed by atoms with Crippen LogP contribution in [0, 0.1) is 5.41 Å². The van der Waals surface area contributed by atoms with E-state index < -0.39 is 11.0 Å². The van der Waals surface area contributed by atoms with E-state index in [0.717, 1.165) is 12.8 Å². The molecule has 4 N–H and O–H groups in total. The lowest BCUT2D eigenvalue weighted by atomic mass is 9.54. The lowest BCUT2D eigenvalue weighted by molar-refractivity contribution is -0.170. The van der Waals surface area contributed by atoms with E-state index in [9.17, 15) is 9.59 Å². The number of hydrogen-bond donors (Lipinski definition) is 3. The van der Waals surface area contributed by atoms with Crippen molar-refractivity contribution < 1.29 is 14.3 Å². The molecule has 0 aromatic rings. The Labute approximate surface area is 157 Å². The molecule has 0 heterocycles. The molecule has 2 aliphatic carbocycles. The van der Waals surface area contributed by atoms with Gasteiger partial charge in [-0.1, -0.05) is 33.1 Å². The second-order valence-electron chi connectivity index (χ2n) is 7.75. The summed E-state index contributed by atoms with van der Waals surface area (Å²) in [6.07, 6.45) is 6.60. The van der Waals surface area contributed by atoms with Gasteiger partial charge < -0.3 is 21.1 Å². The van der Waals surface area contributed by atoms with E-state index in [1.807, 2.05) is 20.8 Å². The fourth-order valence-electron chi connectivity index (χ4n) is 3.81. The standard InChI is InChI=1S/C18H33N3O3.ClH/c1-4-24-14-12-18(19,17(14,2)3)16(23)20-11-10-15(22)21-13-8-6-5-7-9-13;/h13-14H,4-12,19H2,1-3H3,(H,20,23)(H,21,22);1H. The molecule has 0 aliphatic heterocycles. The predicted molar refractivity (Wildman–Crippen MR) is 101 cm³/mol. The van der Waals surface area contributed by atoms with Crippen molar-refractivity contribution in [1.82, 2.24) is 10.6 Å². The summed E-state index contributed by atoms with van der Waals surface area (Å²) in [5.74, 6) is -0.178. The van der Waals surface area contributed by atoms with Crippen LogP contribution in [-0.2, 0) is 14.3 Å². The molecule has 0 spiro atoms. The number of ether oxygens (including phenoxy) is 1. The van der Waals surface area contributed by atoms with Crippen molar-refractivity contribution in [3.05, 3.63) is 0 Å². The van der Waals surface area contributed by atoms with Crippen molar-refractivity contribution in [2.45, 2.75) is 83.4 Å². The normalized spacial score (nSPS) is 28.4. The van der Waals surface area contributed by atoms with E-state index in [0.29, 0.717) is 32.0 Å². The minimum absolute atomic E-state index is 0. The van der Waals surface area contributed by atoms with Gasteiger partial charge in [-0.05, 0) is 19.8 Å². The van der Waals surface area contributed by atoms with Gasteiger partial charge in [0.2, 0.25) is 11.8 Å². The molecule has 0 radical (unpaired) electrons. The quantitative estimate of drug-likeness (QED) is 0.633. The van der Waals surface area contributed by atoms with Crippen LogP contribution in [-0.4, -0.2) is 42.7 Å². The van der Waals surface area contributed by atoms with Gasteiger partial charge in [-0.25, -0.2) is 0 Å². The van der Waals surface area contributed by atoms with E-state index in [1.54, 1.807) is 0 Å². The van der Waals surface area contributed by atoms with Gasteiger partial charge in [-0.3, -0.25) is 9.59 Å². The molecule has 6 nitrogen and oxygen atoms in total. The molecule has 2 aliphatic rings. The van der Waals surface area contributed by atoms with Crippen molar-refractivity contribution in [2.75, 3.05) is 13.2 Å². The highest BCUT2D eigenvalue weighted by Crippen LogP contribution is 2.49. The minimum atomic E-state index is -0.924. The maximum absolute atomic E-state index is 12.5. The Morgan fingerprint density at radius 1 is 1.20 bits per heavy atom. The third-order valence-electron chi connectivity index (χ3n) is 5.84. The Morgan fingerprint density at radius 2 is 1.84 bits per heavy atom. The first kappa shape index (κ1) is 22.2. The maximum Gasteiger partial charge on any atom is 0.240 e. The summed E-state index contributed by atoms with van der Waals surface area (Å²) in [5.41, 5.74) is 4.99. The molecule has 2 amide bonds. The first-order valence-electron chi connectivity index (χ1n) is 9.29. The topological polar surface area (TPSA) is 93.4 Å². The molecule has 2 rings (SSSR count). The van der Waals surface area contributed by atoms with Gasteiger partial charge in [0.25, 0.3) is 0 Å². The van der Waals surface area contributed by atoms with Crippen molar-refractivity contribution in [3.63, 3.8) is 0 Å². The van der Waals surface area contributed by atoms with Gasteiger partial charge in [0.05, 0.1) is 6.10 Å². The Morgan fingerprint density at radius 3 is 2.40 bits per heavy atom. The monoisotopic (exact) mass is 375 g/mol. The first-order valence-corrected chi connectivity index (χ1v) is 9.29. The minimum Gasteiger partial charge on any atom is -0.378 e. The number of carbonyl (C=O) groups is 2. The van der Waals surface area contributed by atoms with E-state index in [1.165, 1.54) is 19.3 Å². The van der Waals surface area contributed by atoms with E-state index in [2.05, 4.69) is 10.6 Å². The fourth-order valence-corrected chi connectivity index (χ4v) is 3.81. The highest BCUT2D eigenvalue weighted by atomic mass is 35.5. The molecule has 2 fully saturated rings. The molecule has 0 aromatic heterocycles. The number of nitrogens with two attached hydrogens (primary N) is 1. The smallest absolute Gasteiger partial charge is 0.240 e. The number of amides is 2. The van der Waals surface area contributed by atoms with Crippen LogP contribution in [0.15, 0.2) is 0 Å². The van der Waals surface area contributed by atoms with Crippen molar-refractivity contribution >= 4 is 24.2 Å². The molecule has 0 saturated heterocycles. The zero-order valence-electron chi connectivity index (χ0n) is 15.7. The molecule has 146 valence electrons. The van der Waals surface area contributed by atoms with Gasteiger partial charge in [0.1, 0.15) is 5.54 Å². The zero-order chi connectivity index (χ0) is 17.8. The van der Waals surface area contributed by atoms with Crippen LogP contribution >= 0.6 is 12.4 Å². The number of carbonyl (C=O) groups excluding carboxylic acids is 2. The predicted octanol–water partition coefficient (Wildman–Crippen LogP) is 1.90. The molecule has 25 heavy (non-hydrogen) atoms. The highest BCUT2D eigenvalue weighted by Gasteiger charge is 2.62. The second kappa shape index (κ2) is 9.19. The SMILES string of the molecule is CCOC1CC(N)(C(=O)NCCC(=O)NC2CCCCC2)C1(C)C.Cl. The first-order chi connectivity index (χ1) is 11.3. The number of nitrogens with one attached hydrogen (secondary N) is 2. The van der Waals surface area contributed by atoms with Crippen LogP contribution in [0.4, 0.5) is 0 Å². The average molecular weight is 376 g/mol. The van der Waals surface area contributed by atoms with Crippen LogP contribution in [0.5, 0.6) is 0 Å². The highest BCUT2D eigenvalue weighted by molar-refractivity contribution is 5.89. The summed E-state index contributed by atoms with van der Waals surface area (Å²) in [7, 11) is 0. The molecular formula is C18H34ClN3O3. The molecular weight excluding hydrogens is 342 g/mol. The number of rotatable bonds is 7. The third kappa shape index (κ3) is 4.86. The van der Waals surface area contributed by atoms with E-state index in [-0.39, 0.29) is 30.3 Å². The molecule has 0 bridgehead atoms. The fraction of sp³-hybridized carbons (Fsp3) is 0.889. The molecule has 2 unspecified atom stereocenters. The lowest BCUT2D eigenvalue weighted by Gasteiger charge is -2.57. The lowest BCUT2D eigenvalue weighted by Crippen LogP contribution is -2.75. The largest absolute Gasteiger partial charge is 0.378 e. The van der Waals surface area contributed by atoms with Crippen LogP contribution in [0.2, 0.25) is 0 Å². The van der Waals surface area contributed by atoms with Crippen molar-refractivity contribution in [1.29, 1.82) is 0 Å². The molecule has 7 heteroatoms. The van der Waals surface area contributed by atoms with Crippen LogP contribution < -0.4 is 16.4 Å². The van der Waals surface area contributed by atoms with Gasteiger partial charge >= 0.3 is 0 Å². The van der Waals surface area contributed by atoms with Gasteiger partial charge in [-0.2, -0.15) is 0 Å². The van der Waals surface area contributed by atoms with Crippen LogP contribution in [0.1, 0.15) is 65.7 Å². The Kier molecular flexibility index (Phi) is 8.16. The van der Waals surface area contributed by atoms with Crippen LogP contribution in [0.25, 0.3) is 0 Å². The van der Waals surface area contributed by atoms with Gasteiger partial charge in [0.15, 0.2) is 0 Å².